The molecule has 0 aliphatic rings. The van der Waals surface area contributed by atoms with Crippen LogP contribution in [0.3, 0.4) is 0 Å². The van der Waals surface area contributed by atoms with E-state index in [4.69, 9.17) is 0 Å². The molecule has 2 aromatic heterocycles. The number of anilines is 1. The normalized spacial score (nSPS) is 11.1. The molecular formula is C21H22N6. The van der Waals surface area contributed by atoms with Crippen LogP contribution in [0.25, 0.3) is 22.0 Å². The zero-order valence-electron chi connectivity index (χ0n) is 15.8. The maximum absolute atomic E-state index is 4.68. The maximum Gasteiger partial charge on any atom is 0.243 e. The molecule has 0 saturated heterocycles. The molecule has 0 amide bonds. The van der Waals surface area contributed by atoms with Crippen molar-refractivity contribution in [1.29, 1.82) is 0 Å². The van der Waals surface area contributed by atoms with Crippen molar-refractivity contribution in [2.45, 2.75) is 33.9 Å². The number of fused-ring (bicyclic) bond motifs is 1. The van der Waals surface area contributed by atoms with E-state index in [0.717, 1.165) is 28.9 Å². The van der Waals surface area contributed by atoms with E-state index in [1.807, 2.05) is 29.8 Å². The summed E-state index contributed by atoms with van der Waals surface area (Å²) in [7, 11) is 0. The Labute approximate surface area is 158 Å². The van der Waals surface area contributed by atoms with Gasteiger partial charge in [0.2, 0.25) is 5.95 Å². The lowest BCUT2D eigenvalue weighted by atomic mass is 10.0. The molecule has 0 aliphatic heterocycles. The number of nitrogens with zero attached hydrogens (tertiary/aromatic N) is 5. The van der Waals surface area contributed by atoms with Crippen LogP contribution < -0.4 is 5.32 Å². The summed E-state index contributed by atoms with van der Waals surface area (Å²) in [5.74, 6) is 0.517. The largest absolute Gasteiger partial charge is 0.349 e. The van der Waals surface area contributed by atoms with Crippen LogP contribution in [0, 0.1) is 13.8 Å². The fourth-order valence-electron chi connectivity index (χ4n) is 3.42. The van der Waals surface area contributed by atoms with Crippen molar-refractivity contribution in [3.05, 3.63) is 65.6 Å². The van der Waals surface area contributed by atoms with Crippen molar-refractivity contribution in [2.75, 3.05) is 5.32 Å². The van der Waals surface area contributed by atoms with Crippen LogP contribution >= 0.6 is 0 Å². The minimum Gasteiger partial charge on any atom is -0.349 e. The average molecular weight is 358 g/mol. The van der Waals surface area contributed by atoms with Gasteiger partial charge in [0.25, 0.3) is 0 Å². The molecule has 1 N–H and O–H groups in total. The average Bonchev–Trinajstić information content (AvgIpc) is 2.99. The summed E-state index contributed by atoms with van der Waals surface area (Å²) in [6.07, 6.45) is 1.71. The van der Waals surface area contributed by atoms with Crippen molar-refractivity contribution in [1.82, 2.24) is 25.0 Å². The predicted octanol–water partition coefficient (Wildman–Crippen LogP) is 4.14. The highest BCUT2D eigenvalue weighted by Gasteiger charge is 2.12. The number of hydrogen-bond acceptors (Lipinski definition) is 5. The number of benzene rings is 2. The number of rotatable bonds is 5. The van der Waals surface area contributed by atoms with Crippen LogP contribution in [0.1, 0.15) is 23.9 Å². The minimum atomic E-state index is 0.517. The molecule has 6 heteroatoms. The second kappa shape index (κ2) is 7.15. The second-order valence-corrected chi connectivity index (χ2v) is 6.51. The molecule has 0 bridgehead atoms. The number of aryl methyl sites for hydroxylation is 2. The summed E-state index contributed by atoms with van der Waals surface area (Å²) >= 11 is 0. The quantitative estimate of drug-likeness (QED) is 0.581. The summed E-state index contributed by atoms with van der Waals surface area (Å²) < 4.78 is 2.01. The first-order chi connectivity index (χ1) is 13.2. The van der Waals surface area contributed by atoms with E-state index in [9.17, 15) is 0 Å². The van der Waals surface area contributed by atoms with Crippen LogP contribution in [0.15, 0.2) is 48.7 Å². The van der Waals surface area contributed by atoms with Gasteiger partial charge in [-0.05, 0) is 31.5 Å². The van der Waals surface area contributed by atoms with Gasteiger partial charge < -0.3 is 5.32 Å². The molecule has 2 heterocycles. The second-order valence-electron chi connectivity index (χ2n) is 6.51. The van der Waals surface area contributed by atoms with Gasteiger partial charge in [-0.2, -0.15) is 10.2 Å². The molecule has 4 rings (SSSR count). The highest BCUT2D eigenvalue weighted by molar-refractivity contribution is 5.95. The molecule has 0 aliphatic carbocycles. The minimum absolute atomic E-state index is 0.517. The highest BCUT2D eigenvalue weighted by atomic mass is 15.3. The zero-order chi connectivity index (χ0) is 18.8. The lowest BCUT2D eigenvalue weighted by Crippen LogP contribution is -2.07. The van der Waals surface area contributed by atoms with Crippen molar-refractivity contribution in [3.63, 3.8) is 0 Å². The Morgan fingerprint density at radius 3 is 2.67 bits per heavy atom. The molecule has 6 nitrogen and oxygen atoms in total. The lowest BCUT2D eigenvalue weighted by Gasteiger charge is -2.08. The van der Waals surface area contributed by atoms with Crippen LogP contribution in [0.5, 0.6) is 0 Å². The molecule has 0 atom stereocenters. The third-order valence-corrected chi connectivity index (χ3v) is 4.88. The first-order valence-corrected chi connectivity index (χ1v) is 9.12. The summed E-state index contributed by atoms with van der Waals surface area (Å²) in [4.78, 5) is 4.68. The SMILES string of the molecule is CCn1nc(C)c(CNc2nncc(-c3cccc4ccccc34)n2)c1C. The molecular weight excluding hydrogens is 336 g/mol. The van der Waals surface area contributed by atoms with E-state index in [1.54, 1.807) is 6.20 Å². The van der Waals surface area contributed by atoms with Gasteiger partial charge >= 0.3 is 0 Å². The molecule has 0 radical (unpaired) electrons. The summed E-state index contributed by atoms with van der Waals surface area (Å²) in [6, 6.07) is 14.5. The Hall–Kier alpha value is -3.28. The van der Waals surface area contributed by atoms with E-state index >= 15 is 0 Å². The molecule has 0 unspecified atom stereocenters. The third kappa shape index (κ3) is 3.26. The van der Waals surface area contributed by atoms with Gasteiger partial charge in [0.15, 0.2) is 0 Å². The van der Waals surface area contributed by atoms with Gasteiger partial charge in [-0.25, -0.2) is 4.98 Å². The fraction of sp³-hybridized carbons (Fsp3) is 0.238. The van der Waals surface area contributed by atoms with Crippen molar-refractivity contribution >= 4 is 16.7 Å². The van der Waals surface area contributed by atoms with E-state index in [2.05, 4.69) is 63.7 Å². The van der Waals surface area contributed by atoms with E-state index < -0.39 is 0 Å². The summed E-state index contributed by atoms with van der Waals surface area (Å²) in [6.45, 7) is 7.70. The first kappa shape index (κ1) is 17.1. The van der Waals surface area contributed by atoms with Crippen molar-refractivity contribution in [2.24, 2.45) is 0 Å². The van der Waals surface area contributed by atoms with Gasteiger partial charge in [-0.3, -0.25) is 4.68 Å². The van der Waals surface area contributed by atoms with Crippen LogP contribution in [0.2, 0.25) is 0 Å². The zero-order valence-corrected chi connectivity index (χ0v) is 15.8. The smallest absolute Gasteiger partial charge is 0.243 e. The highest BCUT2D eigenvalue weighted by Crippen LogP contribution is 2.27. The number of aromatic nitrogens is 5. The molecule has 0 fully saturated rings. The van der Waals surface area contributed by atoms with Gasteiger partial charge in [0, 0.05) is 29.9 Å². The maximum atomic E-state index is 4.68. The van der Waals surface area contributed by atoms with Gasteiger partial charge in [0.1, 0.15) is 0 Å². The van der Waals surface area contributed by atoms with Crippen LogP contribution in [-0.4, -0.2) is 25.0 Å². The predicted molar refractivity (Wildman–Crippen MR) is 107 cm³/mol. The first-order valence-electron chi connectivity index (χ1n) is 9.12. The number of nitrogens with one attached hydrogen (secondary N) is 1. The van der Waals surface area contributed by atoms with E-state index in [1.165, 1.54) is 16.6 Å². The molecule has 2 aromatic carbocycles. The Morgan fingerprint density at radius 1 is 1.04 bits per heavy atom. The van der Waals surface area contributed by atoms with E-state index in [-0.39, 0.29) is 0 Å². The molecule has 0 spiro atoms. The lowest BCUT2D eigenvalue weighted by molar-refractivity contribution is 0.633. The monoisotopic (exact) mass is 358 g/mol. The Balaban J connectivity index is 1.63. The summed E-state index contributed by atoms with van der Waals surface area (Å²) in [5, 5.41) is 18.5. The fourth-order valence-corrected chi connectivity index (χ4v) is 3.42. The van der Waals surface area contributed by atoms with Gasteiger partial charge in [-0.1, -0.05) is 42.5 Å². The van der Waals surface area contributed by atoms with Crippen LogP contribution in [0.4, 0.5) is 5.95 Å². The van der Waals surface area contributed by atoms with Crippen LogP contribution in [-0.2, 0) is 13.1 Å². The third-order valence-electron chi connectivity index (χ3n) is 4.88. The summed E-state index contributed by atoms with van der Waals surface area (Å²) in [5.41, 5.74) is 5.23. The standard InChI is InChI=1S/C21H22N6/c1-4-27-15(3)19(14(2)26-27)12-22-21-24-20(13-23-25-21)18-11-7-9-16-8-5-6-10-17(16)18/h5-11,13H,4,12H2,1-3H3,(H,22,24,25). The van der Waals surface area contributed by atoms with E-state index in [0.29, 0.717) is 12.5 Å². The Morgan fingerprint density at radius 2 is 1.85 bits per heavy atom. The van der Waals surface area contributed by atoms with Gasteiger partial charge in [0.05, 0.1) is 17.6 Å². The molecule has 0 saturated carbocycles. The van der Waals surface area contributed by atoms with Crippen molar-refractivity contribution < 1.29 is 0 Å². The Kier molecular flexibility index (Phi) is 4.54. The topological polar surface area (TPSA) is 68.5 Å². The van der Waals surface area contributed by atoms with Gasteiger partial charge in [-0.15, -0.1) is 5.10 Å². The molecule has 27 heavy (non-hydrogen) atoms. The molecule has 136 valence electrons. The van der Waals surface area contributed by atoms with Crippen molar-refractivity contribution in [3.8, 4) is 11.3 Å². The Bertz CT molecular complexity index is 1090. The molecule has 4 aromatic rings. The number of hydrogen-bond donors (Lipinski definition) is 1.